The van der Waals surface area contributed by atoms with E-state index in [1.807, 2.05) is 0 Å². The van der Waals surface area contributed by atoms with Crippen molar-refractivity contribution in [2.45, 2.75) is 25.7 Å². The SMILES string of the molecule is O=C(O)C1CCCCC1C(=O)Nc1cc(F)c(F)c(F)c1. The number of aliphatic carboxylic acids is 1. The van der Waals surface area contributed by atoms with Crippen LogP contribution >= 0.6 is 0 Å². The minimum Gasteiger partial charge on any atom is -0.481 e. The molecule has 21 heavy (non-hydrogen) atoms. The molecule has 2 atom stereocenters. The van der Waals surface area contributed by atoms with Gasteiger partial charge in [0.1, 0.15) is 0 Å². The van der Waals surface area contributed by atoms with E-state index >= 15 is 0 Å². The Morgan fingerprint density at radius 2 is 1.57 bits per heavy atom. The van der Waals surface area contributed by atoms with E-state index in [4.69, 9.17) is 5.11 Å². The molecule has 1 saturated carbocycles. The maximum atomic E-state index is 13.1. The van der Waals surface area contributed by atoms with Crippen LogP contribution in [0, 0.1) is 29.3 Å². The molecule has 0 heterocycles. The lowest BCUT2D eigenvalue weighted by Gasteiger charge is -2.27. The Hall–Kier alpha value is -2.05. The number of anilines is 1. The maximum absolute atomic E-state index is 13.1. The van der Waals surface area contributed by atoms with Crippen LogP contribution in [0.3, 0.4) is 0 Å². The summed E-state index contributed by atoms with van der Waals surface area (Å²) >= 11 is 0. The molecule has 0 aliphatic heterocycles. The van der Waals surface area contributed by atoms with Crippen molar-refractivity contribution in [2.75, 3.05) is 5.32 Å². The molecule has 2 unspecified atom stereocenters. The Morgan fingerprint density at radius 3 is 2.10 bits per heavy atom. The summed E-state index contributed by atoms with van der Waals surface area (Å²) in [6.45, 7) is 0. The summed E-state index contributed by atoms with van der Waals surface area (Å²) in [4.78, 5) is 23.2. The molecule has 0 radical (unpaired) electrons. The van der Waals surface area contributed by atoms with Gasteiger partial charge in [-0.3, -0.25) is 9.59 Å². The normalized spacial score (nSPS) is 21.9. The maximum Gasteiger partial charge on any atom is 0.307 e. The average Bonchev–Trinajstić information content (AvgIpc) is 2.44. The largest absolute Gasteiger partial charge is 0.481 e. The van der Waals surface area contributed by atoms with Crippen LogP contribution in [-0.4, -0.2) is 17.0 Å². The average molecular weight is 301 g/mol. The molecule has 1 fully saturated rings. The van der Waals surface area contributed by atoms with Crippen molar-refractivity contribution in [1.29, 1.82) is 0 Å². The van der Waals surface area contributed by atoms with E-state index in [1.165, 1.54) is 0 Å². The summed E-state index contributed by atoms with van der Waals surface area (Å²) < 4.78 is 39.0. The minimum absolute atomic E-state index is 0.230. The predicted molar refractivity (Wildman–Crippen MR) is 68.0 cm³/mol. The van der Waals surface area contributed by atoms with Gasteiger partial charge in [0, 0.05) is 17.8 Å². The lowest BCUT2D eigenvalue weighted by molar-refractivity contribution is -0.147. The number of carboxylic acid groups (broad SMARTS) is 1. The van der Waals surface area contributed by atoms with Gasteiger partial charge < -0.3 is 10.4 Å². The van der Waals surface area contributed by atoms with Gasteiger partial charge >= 0.3 is 5.97 Å². The first kappa shape index (κ1) is 15.3. The lowest BCUT2D eigenvalue weighted by atomic mass is 9.78. The Morgan fingerprint density at radius 1 is 1.05 bits per heavy atom. The first-order chi connectivity index (χ1) is 9.90. The number of carbonyl (C=O) groups excluding carboxylic acids is 1. The molecule has 7 heteroatoms. The summed E-state index contributed by atoms with van der Waals surface area (Å²) in [6, 6.07) is 1.32. The standard InChI is InChI=1S/C14H14F3NO3/c15-10-5-7(6-11(16)12(10)17)18-13(19)8-3-1-2-4-9(8)14(20)21/h5-6,8-9H,1-4H2,(H,18,19)(H,20,21). The van der Waals surface area contributed by atoms with Crippen LogP contribution < -0.4 is 5.32 Å². The zero-order chi connectivity index (χ0) is 15.6. The molecule has 1 aliphatic carbocycles. The Kier molecular flexibility index (Phi) is 4.50. The zero-order valence-corrected chi connectivity index (χ0v) is 11.0. The molecule has 1 aromatic rings. The van der Waals surface area contributed by atoms with E-state index in [9.17, 15) is 22.8 Å². The summed E-state index contributed by atoms with van der Waals surface area (Å²) in [5.74, 6) is -7.69. The van der Waals surface area contributed by atoms with Gasteiger partial charge in [-0.25, -0.2) is 13.2 Å². The number of hydrogen-bond acceptors (Lipinski definition) is 2. The number of hydrogen-bond donors (Lipinski definition) is 2. The highest BCUT2D eigenvalue weighted by Gasteiger charge is 2.35. The molecule has 0 bridgehead atoms. The van der Waals surface area contributed by atoms with Gasteiger partial charge in [-0.15, -0.1) is 0 Å². The Balaban J connectivity index is 2.15. The number of benzene rings is 1. The van der Waals surface area contributed by atoms with Crippen LogP contribution in [0.4, 0.5) is 18.9 Å². The van der Waals surface area contributed by atoms with Crippen molar-refractivity contribution in [3.05, 3.63) is 29.6 Å². The van der Waals surface area contributed by atoms with Crippen LogP contribution in [0.1, 0.15) is 25.7 Å². The topological polar surface area (TPSA) is 66.4 Å². The first-order valence-corrected chi connectivity index (χ1v) is 6.58. The molecule has 0 saturated heterocycles. The second kappa shape index (κ2) is 6.15. The van der Waals surface area contributed by atoms with Crippen LogP contribution in [0.25, 0.3) is 0 Å². The fourth-order valence-electron chi connectivity index (χ4n) is 2.60. The highest BCUT2D eigenvalue weighted by molar-refractivity contribution is 5.95. The number of carbonyl (C=O) groups is 2. The van der Waals surface area contributed by atoms with Crippen LogP contribution in [0.15, 0.2) is 12.1 Å². The van der Waals surface area contributed by atoms with E-state index in [2.05, 4.69) is 5.32 Å². The second-order valence-electron chi connectivity index (χ2n) is 5.08. The van der Waals surface area contributed by atoms with E-state index in [0.717, 1.165) is 6.42 Å². The minimum atomic E-state index is -1.62. The number of amides is 1. The van der Waals surface area contributed by atoms with Crippen molar-refractivity contribution in [1.82, 2.24) is 0 Å². The molecular formula is C14H14F3NO3. The van der Waals surface area contributed by atoms with Crippen molar-refractivity contribution >= 4 is 17.6 Å². The first-order valence-electron chi connectivity index (χ1n) is 6.58. The van der Waals surface area contributed by atoms with Gasteiger partial charge in [-0.05, 0) is 12.8 Å². The molecule has 2 rings (SSSR count). The number of halogens is 3. The van der Waals surface area contributed by atoms with Gasteiger partial charge in [-0.1, -0.05) is 12.8 Å². The third-order valence-electron chi connectivity index (χ3n) is 3.67. The van der Waals surface area contributed by atoms with E-state index in [-0.39, 0.29) is 5.69 Å². The number of carboxylic acids is 1. The van der Waals surface area contributed by atoms with Gasteiger partial charge in [-0.2, -0.15) is 0 Å². The van der Waals surface area contributed by atoms with E-state index in [1.54, 1.807) is 0 Å². The molecule has 2 N–H and O–H groups in total. The van der Waals surface area contributed by atoms with Gasteiger partial charge in [0.05, 0.1) is 11.8 Å². The quantitative estimate of drug-likeness (QED) is 0.844. The Bertz CT molecular complexity index is 554. The summed E-state index contributed by atoms with van der Waals surface area (Å²) in [6.07, 6.45) is 2.23. The smallest absolute Gasteiger partial charge is 0.307 e. The van der Waals surface area contributed by atoms with E-state index in [0.29, 0.717) is 31.4 Å². The molecule has 1 aromatic carbocycles. The molecule has 1 aliphatic rings. The highest BCUT2D eigenvalue weighted by atomic mass is 19.2. The highest BCUT2D eigenvalue weighted by Crippen LogP contribution is 2.31. The van der Waals surface area contributed by atoms with Gasteiger partial charge in [0.25, 0.3) is 0 Å². The third kappa shape index (κ3) is 3.34. The molecular weight excluding hydrogens is 287 g/mol. The lowest BCUT2D eigenvalue weighted by Crippen LogP contribution is -2.36. The monoisotopic (exact) mass is 301 g/mol. The molecule has 0 aromatic heterocycles. The summed E-state index contributed by atoms with van der Waals surface area (Å²) in [7, 11) is 0. The second-order valence-corrected chi connectivity index (χ2v) is 5.08. The fraction of sp³-hybridized carbons (Fsp3) is 0.429. The van der Waals surface area contributed by atoms with Crippen LogP contribution in [-0.2, 0) is 9.59 Å². The molecule has 1 amide bonds. The zero-order valence-electron chi connectivity index (χ0n) is 11.0. The van der Waals surface area contributed by atoms with Crippen molar-refractivity contribution in [2.24, 2.45) is 11.8 Å². The van der Waals surface area contributed by atoms with Crippen LogP contribution in [0.5, 0.6) is 0 Å². The molecule has 4 nitrogen and oxygen atoms in total. The van der Waals surface area contributed by atoms with Gasteiger partial charge in [0.2, 0.25) is 5.91 Å². The molecule has 114 valence electrons. The fourth-order valence-corrected chi connectivity index (χ4v) is 2.60. The van der Waals surface area contributed by atoms with E-state index < -0.39 is 41.2 Å². The van der Waals surface area contributed by atoms with Crippen molar-refractivity contribution in [3.8, 4) is 0 Å². The summed E-state index contributed by atoms with van der Waals surface area (Å²) in [5, 5.41) is 11.4. The van der Waals surface area contributed by atoms with Crippen molar-refractivity contribution in [3.63, 3.8) is 0 Å². The number of nitrogens with one attached hydrogen (secondary N) is 1. The van der Waals surface area contributed by atoms with Crippen molar-refractivity contribution < 1.29 is 27.9 Å². The molecule has 0 spiro atoms. The number of rotatable bonds is 3. The van der Waals surface area contributed by atoms with Gasteiger partial charge in [0.15, 0.2) is 17.5 Å². The third-order valence-corrected chi connectivity index (χ3v) is 3.67. The Labute approximate surface area is 119 Å². The summed E-state index contributed by atoms with van der Waals surface area (Å²) in [5.41, 5.74) is -0.230. The predicted octanol–water partition coefficient (Wildman–Crippen LogP) is 2.93. The van der Waals surface area contributed by atoms with Crippen LogP contribution in [0.2, 0.25) is 0 Å².